The molecule has 0 atom stereocenters. The van der Waals surface area contributed by atoms with Crippen LogP contribution in [0.25, 0.3) is 0 Å². The van der Waals surface area contributed by atoms with E-state index in [1.54, 1.807) is 0 Å². The summed E-state index contributed by atoms with van der Waals surface area (Å²) in [5, 5.41) is 5.51. The van der Waals surface area contributed by atoms with Gasteiger partial charge in [-0.25, -0.2) is 0 Å². The number of thiophene rings is 1. The normalized spacial score (nSPS) is 17.0. The van der Waals surface area contributed by atoms with E-state index >= 15 is 0 Å². The molecule has 1 fully saturated rings. The molecule has 2 nitrogen and oxygen atoms in total. The first-order valence-corrected chi connectivity index (χ1v) is 7.14. The average Bonchev–Trinajstić information content (AvgIpc) is 2.48. The number of nitrogens with one attached hydrogen (secondary N) is 1. The minimum absolute atomic E-state index is 0.755. The van der Waals surface area contributed by atoms with Gasteiger partial charge in [0.25, 0.3) is 0 Å². The van der Waals surface area contributed by atoms with E-state index in [2.05, 4.69) is 44.5 Å². The number of rotatable bonds is 5. The lowest BCUT2D eigenvalue weighted by molar-refractivity contribution is 0.139. The summed E-state index contributed by atoms with van der Waals surface area (Å²) in [5.74, 6) is 0. The third-order valence-corrected chi connectivity index (χ3v) is 4.45. The lowest BCUT2D eigenvalue weighted by Crippen LogP contribution is -2.56. The third kappa shape index (κ3) is 3.03. The van der Waals surface area contributed by atoms with Crippen LogP contribution in [0.3, 0.4) is 0 Å². The molecular formula is C11H17BrN2S. The van der Waals surface area contributed by atoms with Crippen molar-refractivity contribution in [1.82, 2.24) is 10.2 Å². The summed E-state index contributed by atoms with van der Waals surface area (Å²) < 4.78 is 1.21. The maximum absolute atomic E-state index is 3.51. The Morgan fingerprint density at radius 3 is 2.87 bits per heavy atom. The lowest BCUT2D eigenvalue weighted by Gasteiger charge is -2.37. The largest absolute Gasteiger partial charge is 0.314 e. The van der Waals surface area contributed by atoms with Gasteiger partial charge in [0.15, 0.2) is 0 Å². The molecule has 0 aliphatic carbocycles. The maximum atomic E-state index is 3.51. The van der Waals surface area contributed by atoms with Crippen LogP contribution >= 0.6 is 27.3 Å². The van der Waals surface area contributed by atoms with Crippen molar-refractivity contribution in [1.29, 1.82) is 0 Å². The summed E-state index contributed by atoms with van der Waals surface area (Å²) in [6, 6.07) is 2.99. The van der Waals surface area contributed by atoms with Crippen LogP contribution < -0.4 is 5.32 Å². The summed E-state index contributed by atoms with van der Waals surface area (Å²) in [6.07, 6.45) is 1.24. The highest BCUT2D eigenvalue weighted by atomic mass is 79.9. The van der Waals surface area contributed by atoms with Crippen molar-refractivity contribution in [3.8, 4) is 0 Å². The number of nitrogens with zero attached hydrogens (tertiary/aromatic N) is 1. The van der Waals surface area contributed by atoms with E-state index < -0.39 is 0 Å². The van der Waals surface area contributed by atoms with Gasteiger partial charge in [-0.05, 0) is 35.0 Å². The summed E-state index contributed by atoms with van der Waals surface area (Å²) in [6.45, 7) is 6.89. The standard InChI is InChI=1S/C11H17BrN2S/c1-2-3-14(10-5-13-6-10)7-11-4-9(12)8-15-11/h4,8,10,13H,2-3,5-7H2,1H3. The molecule has 0 bridgehead atoms. The first-order valence-electron chi connectivity index (χ1n) is 5.47. The predicted octanol–water partition coefficient (Wildman–Crippen LogP) is 2.69. The van der Waals surface area contributed by atoms with Gasteiger partial charge in [-0.3, -0.25) is 4.90 Å². The van der Waals surface area contributed by atoms with E-state index in [9.17, 15) is 0 Å². The highest BCUT2D eigenvalue weighted by Gasteiger charge is 2.23. The molecule has 1 aromatic heterocycles. The van der Waals surface area contributed by atoms with Crippen molar-refractivity contribution >= 4 is 27.3 Å². The molecule has 1 N–H and O–H groups in total. The molecule has 1 saturated heterocycles. The minimum Gasteiger partial charge on any atom is -0.314 e. The summed E-state index contributed by atoms with van der Waals surface area (Å²) in [5.41, 5.74) is 0. The summed E-state index contributed by atoms with van der Waals surface area (Å²) >= 11 is 5.36. The van der Waals surface area contributed by atoms with Crippen LogP contribution in [0, 0.1) is 0 Å². The Bertz CT molecular complexity index is 309. The maximum Gasteiger partial charge on any atom is 0.0349 e. The van der Waals surface area contributed by atoms with Crippen molar-refractivity contribution in [3.63, 3.8) is 0 Å². The van der Waals surface area contributed by atoms with Crippen LogP contribution in [-0.4, -0.2) is 30.6 Å². The molecule has 0 spiro atoms. The Labute approximate surface area is 104 Å². The van der Waals surface area contributed by atoms with Crippen LogP contribution in [0.5, 0.6) is 0 Å². The zero-order valence-electron chi connectivity index (χ0n) is 9.00. The van der Waals surface area contributed by atoms with Gasteiger partial charge in [-0.2, -0.15) is 0 Å². The second-order valence-corrected chi connectivity index (χ2v) is 5.93. The minimum atomic E-state index is 0.755. The SMILES string of the molecule is CCCN(Cc1cc(Br)cs1)C1CNC1. The topological polar surface area (TPSA) is 15.3 Å². The van der Waals surface area contributed by atoms with E-state index in [0.717, 1.165) is 25.7 Å². The van der Waals surface area contributed by atoms with Crippen molar-refractivity contribution in [2.75, 3.05) is 19.6 Å². The molecule has 15 heavy (non-hydrogen) atoms. The molecule has 2 rings (SSSR count). The molecule has 0 radical (unpaired) electrons. The van der Waals surface area contributed by atoms with Crippen LogP contribution in [0.4, 0.5) is 0 Å². The monoisotopic (exact) mass is 288 g/mol. The summed E-state index contributed by atoms with van der Waals surface area (Å²) in [7, 11) is 0. The first kappa shape index (κ1) is 11.6. The molecule has 2 heterocycles. The highest BCUT2D eigenvalue weighted by molar-refractivity contribution is 9.10. The second kappa shape index (κ2) is 5.43. The zero-order chi connectivity index (χ0) is 10.7. The molecule has 0 amide bonds. The Morgan fingerprint density at radius 2 is 2.40 bits per heavy atom. The van der Waals surface area contributed by atoms with Crippen LogP contribution in [0.15, 0.2) is 15.9 Å². The molecule has 0 saturated carbocycles. The summed E-state index contributed by atoms with van der Waals surface area (Å²) in [4.78, 5) is 4.05. The van der Waals surface area contributed by atoms with E-state index in [0.29, 0.717) is 0 Å². The van der Waals surface area contributed by atoms with Crippen molar-refractivity contribution in [3.05, 3.63) is 20.8 Å². The number of hydrogen-bond donors (Lipinski definition) is 1. The van der Waals surface area contributed by atoms with Gasteiger partial charge < -0.3 is 5.32 Å². The Morgan fingerprint density at radius 1 is 1.60 bits per heavy atom. The fourth-order valence-corrected chi connectivity index (χ4v) is 3.32. The van der Waals surface area contributed by atoms with Crippen molar-refractivity contribution < 1.29 is 0 Å². The highest BCUT2D eigenvalue weighted by Crippen LogP contribution is 2.22. The zero-order valence-corrected chi connectivity index (χ0v) is 11.4. The smallest absolute Gasteiger partial charge is 0.0349 e. The molecular weight excluding hydrogens is 272 g/mol. The van der Waals surface area contributed by atoms with Crippen molar-refractivity contribution in [2.24, 2.45) is 0 Å². The fraction of sp³-hybridized carbons (Fsp3) is 0.636. The van der Waals surface area contributed by atoms with Crippen molar-refractivity contribution in [2.45, 2.75) is 25.9 Å². The quantitative estimate of drug-likeness (QED) is 0.896. The fourth-order valence-electron chi connectivity index (χ4n) is 1.85. The first-order chi connectivity index (χ1) is 7.29. The van der Waals surface area contributed by atoms with E-state index in [-0.39, 0.29) is 0 Å². The second-order valence-electron chi connectivity index (χ2n) is 4.01. The number of halogens is 1. The molecule has 4 heteroatoms. The van der Waals surface area contributed by atoms with E-state index in [1.165, 1.54) is 22.3 Å². The van der Waals surface area contributed by atoms with Gasteiger partial charge in [-0.15, -0.1) is 11.3 Å². The molecule has 0 aromatic carbocycles. The van der Waals surface area contributed by atoms with Gasteiger partial charge in [0.1, 0.15) is 0 Å². The Hall–Kier alpha value is 0.1000. The Balaban J connectivity index is 1.93. The Kier molecular flexibility index (Phi) is 4.20. The van der Waals surface area contributed by atoms with E-state index in [1.807, 2.05) is 11.3 Å². The van der Waals surface area contributed by atoms with Crippen LogP contribution in [0.1, 0.15) is 18.2 Å². The third-order valence-electron chi connectivity index (χ3n) is 2.77. The van der Waals surface area contributed by atoms with E-state index in [4.69, 9.17) is 0 Å². The molecule has 1 aromatic rings. The van der Waals surface area contributed by atoms with Crippen LogP contribution in [-0.2, 0) is 6.54 Å². The van der Waals surface area contributed by atoms with Crippen LogP contribution in [0.2, 0.25) is 0 Å². The predicted molar refractivity (Wildman–Crippen MR) is 69.4 cm³/mol. The lowest BCUT2D eigenvalue weighted by atomic mass is 10.1. The molecule has 1 aliphatic heterocycles. The van der Waals surface area contributed by atoms with Gasteiger partial charge >= 0.3 is 0 Å². The number of hydrogen-bond acceptors (Lipinski definition) is 3. The average molecular weight is 289 g/mol. The molecule has 1 aliphatic rings. The molecule has 0 unspecified atom stereocenters. The van der Waals surface area contributed by atoms with Gasteiger partial charge in [0.05, 0.1) is 0 Å². The van der Waals surface area contributed by atoms with Gasteiger partial charge in [0.2, 0.25) is 0 Å². The molecule has 84 valence electrons. The van der Waals surface area contributed by atoms with Gasteiger partial charge in [-0.1, -0.05) is 6.92 Å². The van der Waals surface area contributed by atoms with Gasteiger partial charge in [0, 0.05) is 40.4 Å².